The van der Waals surface area contributed by atoms with Crippen LogP contribution in [-0.2, 0) is 0 Å². The summed E-state index contributed by atoms with van der Waals surface area (Å²) in [5, 5.41) is 5.49. The van der Waals surface area contributed by atoms with Crippen molar-refractivity contribution in [2.45, 2.75) is 0 Å². The molecule has 0 atom stereocenters. The van der Waals surface area contributed by atoms with Crippen LogP contribution in [0.15, 0.2) is 36.7 Å². The maximum Gasteiger partial charge on any atom is 0.278 e. The molecule has 3 aromatic rings. The van der Waals surface area contributed by atoms with Crippen LogP contribution in [0.3, 0.4) is 0 Å². The summed E-state index contributed by atoms with van der Waals surface area (Å²) in [7, 11) is 1.73. The summed E-state index contributed by atoms with van der Waals surface area (Å²) in [6.45, 7) is 0. The third kappa shape index (κ3) is 2.28. The molecule has 2 heterocycles. The number of fused-ring (bicyclic) bond motifs is 1. The van der Waals surface area contributed by atoms with Gasteiger partial charge in [-0.25, -0.2) is 15.0 Å². The highest BCUT2D eigenvalue weighted by atomic mass is 16.2. The first-order valence-corrected chi connectivity index (χ1v) is 6.02. The van der Waals surface area contributed by atoms with Crippen molar-refractivity contribution < 1.29 is 4.79 Å². The van der Waals surface area contributed by atoms with Gasteiger partial charge >= 0.3 is 0 Å². The lowest BCUT2D eigenvalue weighted by Gasteiger charge is -2.02. The standard InChI is InChI=1S/C13H12N6O/c1-14-11-7-15-10(6-16-11)12(20)19-13-17-8-4-2-3-5-9(8)18-13/h2-7H,1H3,(H,14,16)(H2,17,18,19,20). The van der Waals surface area contributed by atoms with Crippen molar-refractivity contribution in [1.29, 1.82) is 0 Å². The predicted molar refractivity (Wildman–Crippen MR) is 75.6 cm³/mol. The molecule has 0 spiro atoms. The Morgan fingerprint density at radius 1 is 1.20 bits per heavy atom. The maximum atomic E-state index is 12.0. The van der Waals surface area contributed by atoms with Crippen molar-refractivity contribution in [3.05, 3.63) is 42.4 Å². The van der Waals surface area contributed by atoms with Gasteiger partial charge in [-0.1, -0.05) is 12.1 Å². The van der Waals surface area contributed by atoms with Crippen LogP contribution in [0.5, 0.6) is 0 Å². The minimum atomic E-state index is -0.362. The van der Waals surface area contributed by atoms with Gasteiger partial charge in [-0.15, -0.1) is 0 Å². The molecule has 0 saturated carbocycles. The quantitative estimate of drug-likeness (QED) is 0.671. The molecule has 0 fully saturated rings. The number of hydrogen-bond acceptors (Lipinski definition) is 5. The van der Waals surface area contributed by atoms with Crippen LogP contribution in [0.1, 0.15) is 10.5 Å². The molecule has 0 radical (unpaired) electrons. The zero-order valence-electron chi connectivity index (χ0n) is 10.7. The number of carbonyl (C=O) groups excluding carboxylic acids is 1. The lowest BCUT2D eigenvalue weighted by Crippen LogP contribution is -2.15. The van der Waals surface area contributed by atoms with Crippen molar-refractivity contribution in [1.82, 2.24) is 19.9 Å². The summed E-state index contributed by atoms with van der Waals surface area (Å²) in [5.74, 6) is 0.625. The smallest absolute Gasteiger partial charge is 0.278 e. The van der Waals surface area contributed by atoms with Crippen LogP contribution in [0.25, 0.3) is 11.0 Å². The van der Waals surface area contributed by atoms with E-state index in [4.69, 9.17) is 0 Å². The monoisotopic (exact) mass is 268 g/mol. The number of imidazole rings is 1. The van der Waals surface area contributed by atoms with E-state index in [1.54, 1.807) is 7.05 Å². The summed E-state index contributed by atoms with van der Waals surface area (Å²) in [6.07, 6.45) is 2.90. The fourth-order valence-electron chi connectivity index (χ4n) is 1.76. The van der Waals surface area contributed by atoms with E-state index in [0.717, 1.165) is 11.0 Å². The number of amides is 1. The molecule has 2 aromatic heterocycles. The number of anilines is 2. The minimum absolute atomic E-state index is 0.226. The van der Waals surface area contributed by atoms with E-state index in [0.29, 0.717) is 11.8 Å². The SMILES string of the molecule is CNc1cnc(C(=O)Nc2nc3ccccc3[nH]2)cn1. The third-order valence-corrected chi connectivity index (χ3v) is 2.76. The number of hydrogen-bond donors (Lipinski definition) is 3. The van der Waals surface area contributed by atoms with Crippen LogP contribution >= 0.6 is 0 Å². The second-order valence-electron chi connectivity index (χ2n) is 4.09. The van der Waals surface area contributed by atoms with Crippen molar-refractivity contribution in [3.63, 3.8) is 0 Å². The molecule has 1 amide bonds. The van der Waals surface area contributed by atoms with Gasteiger partial charge in [-0.05, 0) is 12.1 Å². The van der Waals surface area contributed by atoms with Crippen LogP contribution in [0.2, 0.25) is 0 Å². The van der Waals surface area contributed by atoms with Crippen LogP contribution in [0, 0.1) is 0 Å². The lowest BCUT2D eigenvalue weighted by molar-refractivity contribution is 0.102. The average molecular weight is 268 g/mol. The average Bonchev–Trinajstić information content (AvgIpc) is 2.89. The molecule has 0 aliphatic heterocycles. The summed E-state index contributed by atoms with van der Waals surface area (Å²) in [4.78, 5) is 27.3. The Balaban J connectivity index is 1.80. The summed E-state index contributed by atoms with van der Waals surface area (Å²) < 4.78 is 0. The lowest BCUT2D eigenvalue weighted by atomic mass is 10.3. The Labute approximate surface area is 114 Å². The normalized spacial score (nSPS) is 10.4. The highest BCUT2D eigenvalue weighted by molar-refractivity contribution is 6.02. The molecule has 7 heteroatoms. The van der Waals surface area contributed by atoms with Crippen molar-refractivity contribution in [2.75, 3.05) is 17.7 Å². The Morgan fingerprint density at radius 2 is 2.05 bits per heavy atom. The van der Waals surface area contributed by atoms with E-state index in [1.807, 2.05) is 24.3 Å². The highest BCUT2D eigenvalue weighted by Gasteiger charge is 2.10. The zero-order valence-corrected chi connectivity index (χ0v) is 10.7. The number of aromatic amines is 1. The van der Waals surface area contributed by atoms with Crippen LogP contribution < -0.4 is 10.6 Å². The van der Waals surface area contributed by atoms with Crippen LogP contribution in [0.4, 0.5) is 11.8 Å². The first-order chi connectivity index (χ1) is 9.76. The molecule has 100 valence electrons. The molecular formula is C13H12N6O. The van der Waals surface area contributed by atoms with Gasteiger partial charge in [0.1, 0.15) is 11.5 Å². The molecule has 0 bridgehead atoms. The number of H-pyrrole nitrogens is 1. The van der Waals surface area contributed by atoms with Gasteiger partial charge in [0.05, 0.1) is 23.4 Å². The number of nitrogens with one attached hydrogen (secondary N) is 3. The Morgan fingerprint density at radius 3 is 2.75 bits per heavy atom. The number of para-hydroxylation sites is 2. The molecule has 0 aliphatic carbocycles. The van der Waals surface area contributed by atoms with Crippen LogP contribution in [-0.4, -0.2) is 32.9 Å². The number of carbonyl (C=O) groups is 1. The van der Waals surface area contributed by atoms with Gasteiger partial charge in [0.2, 0.25) is 5.95 Å². The first kappa shape index (κ1) is 12.1. The molecule has 0 aliphatic rings. The van der Waals surface area contributed by atoms with Gasteiger partial charge < -0.3 is 10.3 Å². The topological polar surface area (TPSA) is 95.6 Å². The molecule has 3 rings (SSSR count). The fraction of sp³-hybridized carbons (Fsp3) is 0.0769. The third-order valence-electron chi connectivity index (χ3n) is 2.76. The summed E-state index contributed by atoms with van der Waals surface area (Å²) >= 11 is 0. The number of nitrogens with zero attached hydrogens (tertiary/aromatic N) is 3. The zero-order chi connectivity index (χ0) is 13.9. The molecular weight excluding hydrogens is 256 g/mol. The van der Waals surface area contributed by atoms with E-state index >= 15 is 0 Å². The largest absolute Gasteiger partial charge is 0.372 e. The first-order valence-electron chi connectivity index (χ1n) is 6.02. The fourth-order valence-corrected chi connectivity index (χ4v) is 1.76. The minimum Gasteiger partial charge on any atom is -0.372 e. The second-order valence-corrected chi connectivity index (χ2v) is 4.09. The van der Waals surface area contributed by atoms with E-state index in [-0.39, 0.29) is 11.6 Å². The van der Waals surface area contributed by atoms with Crippen molar-refractivity contribution >= 4 is 28.7 Å². The van der Waals surface area contributed by atoms with E-state index in [2.05, 4.69) is 30.6 Å². The van der Waals surface area contributed by atoms with Gasteiger partial charge in [0.15, 0.2) is 0 Å². The number of aromatic nitrogens is 4. The molecule has 20 heavy (non-hydrogen) atoms. The molecule has 0 unspecified atom stereocenters. The Hall–Kier alpha value is -2.96. The second kappa shape index (κ2) is 4.96. The van der Waals surface area contributed by atoms with Gasteiger partial charge in [-0.2, -0.15) is 0 Å². The maximum absolute atomic E-state index is 12.0. The Kier molecular flexibility index (Phi) is 3.00. The highest BCUT2D eigenvalue weighted by Crippen LogP contribution is 2.13. The molecule has 0 saturated heterocycles. The predicted octanol–water partition coefficient (Wildman–Crippen LogP) is 1.65. The van der Waals surface area contributed by atoms with E-state index in [9.17, 15) is 4.79 Å². The van der Waals surface area contributed by atoms with Crippen molar-refractivity contribution in [3.8, 4) is 0 Å². The molecule has 1 aromatic carbocycles. The van der Waals surface area contributed by atoms with Gasteiger partial charge in [0, 0.05) is 7.05 Å². The van der Waals surface area contributed by atoms with Gasteiger partial charge in [-0.3, -0.25) is 10.1 Å². The molecule has 7 nitrogen and oxygen atoms in total. The number of benzene rings is 1. The van der Waals surface area contributed by atoms with E-state index in [1.165, 1.54) is 12.4 Å². The van der Waals surface area contributed by atoms with E-state index < -0.39 is 0 Å². The molecule has 3 N–H and O–H groups in total. The number of rotatable bonds is 3. The summed E-state index contributed by atoms with van der Waals surface area (Å²) in [6, 6.07) is 7.54. The Bertz CT molecular complexity index is 716. The summed E-state index contributed by atoms with van der Waals surface area (Å²) in [5.41, 5.74) is 1.88. The van der Waals surface area contributed by atoms with Gasteiger partial charge in [0.25, 0.3) is 5.91 Å². The van der Waals surface area contributed by atoms with Crippen molar-refractivity contribution in [2.24, 2.45) is 0 Å².